The lowest BCUT2D eigenvalue weighted by molar-refractivity contribution is 0.0157. The van der Waals surface area contributed by atoms with Crippen molar-refractivity contribution in [1.29, 1.82) is 0 Å². The standard InChI is InChI=1S/C6H14O2.CH4/c1-3-5(7)6(8)4-2;/h5-8H,3-4H2,1-2H3;1H4. The van der Waals surface area contributed by atoms with Crippen molar-refractivity contribution in [1.82, 2.24) is 0 Å². The smallest absolute Gasteiger partial charge is 0.0796 e. The Morgan fingerprint density at radius 2 is 1.22 bits per heavy atom. The first-order valence-corrected chi connectivity index (χ1v) is 3.08. The van der Waals surface area contributed by atoms with Gasteiger partial charge in [0.15, 0.2) is 0 Å². The van der Waals surface area contributed by atoms with Gasteiger partial charge in [-0.25, -0.2) is 0 Å². The van der Waals surface area contributed by atoms with Crippen molar-refractivity contribution in [2.24, 2.45) is 0 Å². The van der Waals surface area contributed by atoms with Crippen LogP contribution in [0.3, 0.4) is 0 Å². The lowest BCUT2D eigenvalue weighted by Gasteiger charge is -2.12. The second kappa shape index (κ2) is 6.05. The van der Waals surface area contributed by atoms with Gasteiger partial charge in [0.25, 0.3) is 0 Å². The van der Waals surface area contributed by atoms with E-state index in [0.29, 0.717) is 12.8 Å². The van der Waals surface area contributed by atoms with Gasteiger partial charge in [-0.1, -0.05) is 21.3 Å². The van der Waals surface area contributed by atoms with Crippen LogP contribution in [0.25, 0.3) is 0 Å². The molecule has 2 N–H and O–H groups in total. The summed E-state index contributed by atoms with van der Waals surface area (Å²) < 4.78 is 0. The number of rotatable bonds is 3. The molecule has 0 rings (SSSR count). The number of aliphatic hydroxyl groups is 2. The molecular formula is C7H18O2. The van der Waals surface area contributed by atoms with E-state index in [1.165, 1.54) is 0 Å². The third kappa shape index (κ3) is 4.43. The Labute approximate surface area is 57.5 Å². The molecule has 2 nitrogen and oxygen atoms in total. The molecule has 58 valence electrons. The lowest BCUT2D eigenvalue weighted by atomic mass is 10.1. The van der Waals surface area contributed by atoms with Gasteiger partial charge in [0.05, 0.1) is 12.2 Å². The molecule has 0 heterocycles. The van der Waals surface area contributed by atoms with Crippen molar-refractivity contribution < 1.29 is 10.2 Å². The van der Waals surface area contributed by atoms with E-state index in [9.17, 15) is 0 Å². The molecule has 0 aromatic heterocycles. The van der Waals surface area contributed by atoms with E-state index in [1.807, 2.05) is 13.8 Å². The monoisotopic (exact) mass is 134 g/mol. The number of hydrogen-bond acceptors (Lipinski definition) is 2. The maximum absolute atomic E-state index is 8.88. The highest BCUT2D eigenvalue weighted by Crippen LogP contribution is 2.00. The molecule has 0 spiro atoms. The summed E-state index contributed by atoms with van der Waals surface area (Å²) in [7, 11) is 0. The fourth-order valence-corrected chi connectivity index (χ4v) is 0.544. The summed E-state index contributed by atoms with van der Waals surface area (Å²) >= 11 is 0. The van der Waals surface area contributed by atoms with Crippen molar-refractivity contribution in [3.8, 4) is 0 Å². The predicted molar refractivity (Wildman–Crippen MR) is 39.3 cm³/mol. The SMILES string of the molecule is C.CCC(O)C(O)CC. The summed E-state index contributed by atoms with van der Waals surface area (Å²) in [5.41, 5.74) is 0. The second-order valence-electron chi connectivity index (χ2n) is 1.95. The minimum absolute atomic E-state index is 0. The third-order valence-electron chi connectivity index (χ3n) is 1.28. The number of aliphatic hydroxyl groups excluding tert-OH is 2. The maximum Gasteiger partial charge on any atom is 0.0796 e. The molecule has 0 saturated carbocycles. The Hall–Kier alpha value is -0.0800. The van der Waals surface area contributed by atoms with Crippen LogP contribution in [0, 0.1) is 0 Å². The first kappa shape index (κ1) is 11.7. The molecule has 2 unspecified atom stereocenters. The quantitative estimate of drug-likeness (QED) is 0.608. The Bertz CT molecular complexity index is 46.9. The van der Waals surface area contributed by atoms with Crippen molar-refractivity contribution in [3.05, 3.63) is 0 Å². The third-order valence-corrected chi connectivity index (χ3v) is 1.28. The Morgan fingerprint density at radius 1 is 1.00 bits per heavy atom. The molecule has 0 saturated heterocycles. The second-order valence-corrected chi connectivity index (χ2v) is 1.95. The summed E-state index contributed by atoms with van der Waals surface area (Å²) in [6.45, 7) is 3.70. The van der Waals surface area contributed by atoms with E-state index >= 15 is 0 Å². The van der Waals surface area contributed by atoms with E-state index in [1.54, 1.807) is 0 Å². The zero-order chi connectivity index (χ0) is 6.57. The molecule has 0 aliphatic heterocycles. The average Bonchev–Trinajstić information content (AvgIpc) is 1.84. The van der Waals surface area contributed by atoms with E-state index in [0.717, 1.165) is 0 Å². The van der Waals surface area contributed by atoms with Crippen LogP contribution in [-0.2, 0) is 0 Å². The Morgan fingerprint density at radius 3 is 1.33 bits per heavy atom. The van der Waals surface area contributed by atoms with Gasteiger partial charge in [-0.3, -0.25) is 0 Å². The zero-order valence-corrected chi connectivity index (χ0v) is 5.46. The molecular weight excluding hydrogens is 116 g/mol. The first-order valence-electron chi connectivity index (χ1n) is 3.08. The summed E-state index contributed by atoms with van der Waals surface area (Å²) in [6, 6.07) is 0. The first-order chi connectivity index (χ1) is 3.72. The Balaban J connectivity index is 0. The van der Waals surface area contributed by atoms with Crippen LogP contribution >= 0.6 is 0 Å². The van der Waals surface area contributed by atoms with E-state index in [2.05, 4.69) is 0 Å². The molecule has 0 aliphatic carbocycles. The molecule has 0 amide bonds. The van der Waals surface area contributed by atoms with E-state index < -0.39 is 12.2 Å². The van der Waals surface area contributed by atoms with Gasteiger partial charge in [-0.15, -0.1) is 0 Å². The summed E-state index contributed by atoms with van der Waals surface area (Å²) in [5.74, 6) is 0. The van der Waals surface area contributed by atoms with Crippen molar-refractivity contribution in [2.45, 2.75) is 46.3 Å². The lowest BCUT2D eigenvalue weighted by Crippen LogP contribution is -2.23. The van der Waals surface area contributed by atoms with Gasteiger partial charge in [0, 0.05) is 0 Å². The van der Waals surface area contributed by atoms with E-state index in [4.69, 9.17) is 10.2 Å². The normalized spacial score (nSPS) is 16.0. The highest BCUT2D eigenvalue weighted by molar-refractivity contribution is 4.61. The van der Waals surface area contributed by atoms with Crippen LogP contribution in [0.1, 0.15) is 34.1 Å². The molecule has 0 aromatic carbocycles. The van der Waals surface area contributed by atoms with E-state index in [-0.39, 0.29) is 7.43 Å². The molecule has 9 heavy (non-hydrogen) atoms. The summed E-state index contributed by atoms with van der Waals surface area (Å²) in [4.78, 5) is 0. The fraction of sp³-hybridized carbons (Fsp3) is 1.00. The van der Waals surface area contributed by atoms with Gasteiger partial charge in [0.1, 0.15) is 0 Å². The predicted octanol–water partition coefficient (Wildman–Crippen LogP) is 1.16. The highest BCUT2D eigenvalue weighted by atomic mass is 16.3. The average molecular weight is 134 g/mol. The van der Waals surface area contributed by atoms with Gasteiger partial charge in [-0.05, 0) is 12.8 Å². The highest BCUT2D eigenvalue weighted by Gasteiger charge is 2.09. The Kier molecular flexibility index (Phi) is 7.85. The molecule has 0 radical (unpaired) electrons. The van der Waals surface area contributed by atoms with Crippen LogP contribution in [0.15, 0.2) is 0 Å². The van der Waals surface area contributed by atoms with Crippen LogP contribution in [0.2, 0.25) is 0 Å². The van der Waals surface area contributed by atoms with Crippen LogP contribution in [0.5, 0.6) is 0 Å². The summed E-state index contributed by atoms with van der Waals surface area (Å²) in [6.07, 6.45) is 0.212. The molecule has 2 heteroatoms. The van der Waals surface area contributed by atoms with Crippen LogP contribution in [-0.4, -0.2) is 22.4 Å². The van der Waals surface area contributed by atoms with Gasteiger partial charge < -0.3 is 10.2 Å². The fourth-order valence-electron chi connectivity index (χ4n) is 0.544. The minimum Gasteiger partial charge on any atom is -0.390 e. The largest absolute Gasteiger partial charge is 0.390 e. The molecule has 0 aliphatic rings. The topological polar surface area (TPSA) is 40.5 Å². The summed E-state index contributed by atoms with van der Waals surface area (Å²) in [5, 5.41) is 17.8. The van der Waals surface area contributed by atoms with Crippen molar-refractivity contribution in [3.63, 3.8) is 0 Å². The van der Waals surface area contributed by atoms with Crippen molar-refractivity contribution >= 4 is 0 Å². The molecule has 0 fully saturated rings. The zero-order valence-electron chi connectivity index (χ0n) is 5.46. The van der Waals surface area contributed by atoms with Gasteiger partial charge in [0.2, 0.25) is 0 Å². The van der Waals surface area contributed by atoms with Gasteiger partial charge in [-0.2, -0.15) is 0 Å². The molecule has 0 aromatic rings. The molecule has 2 atom stereocenters. The number of hydrogen-bond donors (Lipinski definition) is 2. The maximum atomic E-state index is 8.88. The van der Waals surface area contributed by atoms with Crippen LogP contribution in [0.4, 0.5) is 0 Å². The van der Waals surface area contributed by atoms with Crippen molar-refractivity contribution in [2.75, 3.05) is 0 Å². The molecule has 0 bridgehead atoms. The van der Waals surface area contributed by atoms with Gasteiger partial charge >= 0.3 is 0 Å². The van der Waals surface area contributed by atoms with Crippen LogP contribution < -0.4 is 0 Å². The minimum atomic E-state index is -0.528.